The van der Waals surface area contributed by atoms with Gasteiger partial charge in [-0.2, -0.15) is 0 Å². The minimum Gasteiger partial charge on any atom is -0.352 e. The molecular formula is C21H21N5OS. The van der Waals surface area contributed by atoms with E-state index in [4.69, 9.17) is 0 Å². The van der Waals surface area contributed by atoms with Gasteiger partial charge in [-0.05, 0) is 42.9 Å². The van der Waals surface area contributed by atoms with Crippen LogP contribution < -0.4 is 10.5 Å². The number of aromatic nitrogens is 4. The van der Waals surface area contributed by atoms with Gasteiger partial charge < -0.3 is 9.88 Å². The summed E-state index contributed by atoms with van der Waals surface area (Å²) in [4.78, 5) is 33.6. The third kappa shape index (κ3) is 2.86. The first kappa shape index (κ1) is 17.3. The van der Waals surface area contributed by atoms with E-state index in [9.17, 15) is 4.79 Å². The Hall–Kier alpha value is -2.80. The van der Waals surface area contributed by atoms with Gasteiger partial charge in [-0.1, -0.05) is 19.1 Å². The number of rotatable bonds is 3. The van der Waals surface area contributed by atoms with Crippen LogP contribution in [0.1, 0.15) is 29.6 Å². The molecule has 0 fully saturated rings. The van der Waals surface area contributed by atoms with Crippen LogP contribution in [0.5, 0.6) is 0 Å². The van der Waals surface area contributed by atoms with Crippen molar-refractivity contribution in [2.45, 2.75) is 32.7 Å². The van der Waals surface area contributed by atoms with Crippen LogP contribution in [-0.4, -0.2) is 27.0 Å². The highest BCUT2D eigenvalue weighted by molar-refractivity contribution is 7.19. The molecule has 5 rings (SSSR count). The van der Waals surface area contributed by atoms with E-state index in [1.807, 2.05) is 25.2 Å². The van der Waals surface area contributed by atoms with Crippen molar-refractivity contribution in [1.82, 2.24) is 19.9 Å². The first-order valence-electron chi connectivity index (χ1n) is 9.54. The van der Waals surface area contributed by atoms with Gasteiger partial charge in [0.1, 0.15) is 22.8 Å². The van der Waals surface area contributed by atoms with E-state index in [-0.39, 0.29) is 5.56 Å². The van der Waals surface area contributed by atoms with E-state index in [2.05, 4.69) is 31.8 Å². The Morgan fingerprint density at radius 3 is 3.04 bits per heavy atom. The summed E-state index contributed by atoms with van der Waals surface area (Å²) < 4.78 is 0. The molecule has 0 saturated heterocycles. The molecule has 1 aliphatic carbocycles. The van der Waals surface area contributed by atoms with Crippen LogP contribution in [0.4, 0.5) is 5.82 Å². The molecule has 0 bridgehead atoms. The fraction of sp³-hybridized carbons (Fsp3) is 0.333. The van der Waals surface area contributed by atoms with E-state index in [1.54, 1.807) is 23.7 Å². The fourth-order valence-corrected chi connectivity index (χ4v) is 5.40. The molecule has 3 aromatic heterocycles. The number of benzene rings is 1. The first-order valence-corrected chi connectivity index (χ1v) is 10.4. The number of hydrogen-bond donors (Lipinski definition) is 1. The summed E-state index contributed by atoms with van der Waals surface area (Å²) in [6.45, 7) is 2.79. The van der Waals surface area contributed by atoms with Gasteiger partial charge >= 0.3 is 0 Å². The van der Waals surface area contributed by atoms with Crippen LogP contribution in [0.25, 0.3) is 21.1 Å². The van der Waals surface area contributed by atoms with Gasteiger partial charge in [0.2, 0.25) is 0 Å². The highest BCUT2D eigenvalue weighted by atomic mass is 32.1. The Kier molecular flexibility index (Phi) is 4.12. The predicted octanol–water partition coefficient (Wildman–Crippen LogP) is 3.69. The molecule has 4 aromatic rings. The lowest BCUT2D eigenvalue weighted by atomic mass is 9.89. The molecule has 0 aliphatic heterocycles. The van der Waals surface area contributed by atoms with Gasteiger partial charge in [0.15, 0.2) is 0 Å². The van der Waals surface area contributed by atoms with Gasteiger partial charge in [0.25, 0.3) is 5.56 Å². The van der Waals surface area contributed by atoms with Crippen LogP contribution in [-0.2, 0) is 19.4 Å². The summed E-state index contributed by atoms with van der Waals surface area (Å²) in [6, 6.07) is 7.41. The zero-order valence-electron chi connectivity index (χ0n) is 15.9. The maximum Gasteiger partial charge on any atom is 0.258 e. The number of fused-ring (bicyclic) bond motifs is 4. The third-order valence-corrected chi connectivity index (χ3v) is 6.64. The molecule has 142 valence electrons. The van der Waals surface area contributed by atoms with E-state index in [1.165, 1.54) is 22.2 Å². The van der Waals surface area contributed by atoms with Gasteiger partial charge in [0, 0.05) is 11.9 Å². The van der Waals surface area contributed by atoms with Gasteiger partial charge in [0.05, 0.1) is 22.8 Å². The molecule has 0 saturated carbocycles. The molecule has 1 aliphatic rings. The number of hydrogen-bond acceptors (Lipinski definition) is 6. The van der Waals surface area contributed by atoms with E-state index in [0.29, 0.717) is 23.3 Å². The zero-order valence-corrected chi connectivity index (χ0v) is 16.7. The van der Waals surface area contributed by atoms with E-state index < -0.39 is 0 Å². The van der Waals surface area contributed by atoms with E-state index >= 15 is 0 Å². The maximum absolute atomic E-state index is 12.4. The average molecular weight is 392 g/mol. The average Bonchev–Trinajstić information content (AvgIpc) is 3.05. The lowest BCUT2D eigenvalue weighted by Gasteiger charge is -2.21. The standard InChI is InChI=1S/C21H21N5OS/c1-12-7-8-14-16(9-12)28-21-18(14)19(22-11-23-21)26(2)10-17-24-15-6-4-3-5-13(15)20(27)25-17/h3-6,11-12H,7-10H2,1-2H3,(H,24,25,27)/t12-/m0/s1. The van der Waals surface area contributed by atoms with Gasteiger partial charge in [-0.3, -0.25) is 4.79 Å². The predicted molar refractivity (Wildman–Crippen MR) is 113 cm³/mol. The van der Waals surface area contributed by atoms with Crippen LogP contribution in [0, 0.1) is 5.92 Å². The van der Waals surface area contributed by atoms with Crippen molar-refractivity contribution in [2.75, 3.05) is 11.9 Å². The smallest absolute Gasteiger partial charge is 0.258 e. The van der Waals surface area contributed by atoms with Crippen molar-refractivity contribution < 1.29 is 0 Å². The van der Waals surface area contributed by atoms with Crippen molar-refractivity contribution in [3.8, 4) is 0 Å². The number of nitrogens with zero attached hydrogens (tertiary/aromatic N) is 4. The Morgan fingerprint density at radius 1 is 1.29 bits per heavy atom. The minimum absolute atomic E-state index is 0.108. The lowest BCUT2D eigenvalue weighted by molar-refractivity contribution is 0.509. The summed E-state index contributed by atoms with van der Waals surface area (Å²) in [5.41, 5.74) is 2.01. The van der Waals surface area contributed by atoms with Gasteiger partial charge in [-0.15, -0.1) is 11.3 Å². The highest BCUT2D eigenvalue weighted by Gasteiger charge is 2.24. The summed E-state index contributed by atoms with van der Waals surface area (Å²) >= 11 is 1.79. The molecule has 7 heteroatoms. The quantitative estimate of drug-likeness (QED) is 0.576. The molecular weight excluding hydrogens is 370 g/mol. The van der Waals surface area contributed by atoms with Crippen molar-refractivity contribution in [3.63, 3.8) is 0 Å². The second kappa shape index (κ2) is 6.67. The fourth-order valence-electron chi connectivity index (χ4n) is 4.06. The SMILES string of the molecule is C[C@H]1CCc2c(sc3ncnc(N(C)Cc4nc5ccccc5c(=O)[nH]4)c23)C1. The Labute approximate surface area is 166 Å². The molecule has 28 heavy (non-hydrogen) atoms. The Morgan fingerprint density at radius 2 is 2.14 bits per heavy atom. The second-order valence-electron chi connectivity index (χ2n) is 7.62. The molecule has 0 amide bonds. The molecule has 3 heterocycles. The number of H-pyrrole nitrogens is 1. The lowest BCUT2D eigenvalue weighted by Crippen LogP contribution is -2.23. The number of thiophene rings is 1. The topological polar surface area (TPSA) is 74.8 Å². The van der Waals surface area contributed by atoms with Crippen LogP contribution in [0.15, 0.2) is 35.4 Å². The van der Waals surface area contributed by atoms with E-state index in [0.717, 1.165) is 29.4 Å². The van der Waals surface area contributed by atoms with Crippen LogP contribution in [0.3, 0.4) is 0 Å². The monoisotopic (exact) mass is 391 g/mol. The number of nitrogens with one attached hydrogen (secondary N) is 1. The summed E-state index contributed by atoms with van der Waals surface area (Å²) in [5.74, 6) is 2.27. The molecule has 0 radical (unpaired) electrons. The number of aryl methyl sites for hydroxylation is 1. The summed E-state index contributed by atoms with van der Waals surface area (Å²) in [5, 5.41) is 1.78. The summed E-state index contributed by atoms with van der Waals surface area (Å²) in [7, 11) is 1.99. The van der Waals surface area contributed by atoms with Crippen LogP contribution >= 0.6 is 11.3 Å². The number of aromatic amines is 1. The Bertz CT molecular complexity index is 1240. The number of anilines is 1. The maximum atomic E-state index is 12.4. The Balaban J connectivity index is 1.55. The molecule has 6 nitrogen and oxygen atoms in total. The molecule has 1 atom stereocenters. The molecule has 0 unspecified atom stereocenters. The van der Waals surface area contributed by atoms with Crippen LogP contribution in [0.2, 0.25) is 0 Å². The van der Waals surface area contributed by atoms with Crippen molar-refractivity contribution in [1.29, 1.82) is 0 Å². The number of para-hydroxylation sites is 1. The minimum atomic E-state index is -0.108. The largest absolute Gasteiger partial charge is 0.352 e. The first-order chi connectivity index (χ1) is 13.6. The van der Waals surface area contributed by atoms with Crippen molar-refractivity contribution >= 4 is 38.3 Å². The second-order valence-corrected chi connectivity index (χ2v) is 8.70. The third-order valence-electron chi connectivity index (χ3n) is 5.48. The molecule has 1 aromatic carbocycles. The zero-order chi connectivity index (χ0) is 19.3. The normalized spacial score (nSPS) is 16.4. The molecule has 1 N–H and O–H groups in total. The van der Waals surface area contributed by atoms with Crippen molar-refractivity contribution in [3.05, 3.63) is 57.2 Å². The summed E-state index contributed by atoms with van der Waals surface area (Å²) in [6.07, 6.45) is 5.04. The molecule has 0 spiro atoms. The highest BCUT2D eigenvalue weighted by Crippen LogP contribution is 2.40. The van der Waals surface area contributed by atoms with Crippen molar-refractivity contribution in [2.24, 2.45) is 5.92 Å². The van der Waals surface area contributed by atoms with Gasteiger partial charge in [-0.25, -0.2) is 15.0 Å².